The smallest absolute Gasteiger partial charge is 0.317 e. The summed E-state index contributed by atoms with van der Waals surface area (Å²) in [6.45, 7) is 9.40. The van der Waals surface area contributed by atoms with Crippen LogP contribution in [0.4, 0.5) is 0 Å². The van der Waals surface area contributed by atoms with Crippen LogP contribution < -0.4 is 4.74 Å². The molecule has 4 nitrogen and oxygen atoms in total. The van der Waals surface area contributed by atoms with Gasteiger partial charge in [-0.15, -0.1) is 0 Å². The van der Waals surface area contributed by atoms with Gasteiger partial charge < -0.3 is 14.9 Å². The molecule has 0 atom stereocenters. The summed E-state index contributed by atoms with van der Waals surface area (Å²) in [5.74, 6) is -0.719. The van der Waals surface area contributed by atoms with Gasteiger partial charge in [-0.3, -0.25) is 4.79 Å². The fourth-order valence-corrected chi connectivity index (χ4v) is 1.12. The van der Waals surface area contributed by atoms with Gasteiger partial charge in [0.15, 0.2) is 11.5 Å². The summed E-state index contributed by atoms with van der Waals surface area (Å²) in [4.78, 5) is 12.1. The lowest BCUT2D eigenvalue weighted by atomic mass is 9.69. The van der Waals surface area contributed by atoms with E-state index >= 15 is 0 Å². The van der Waals surface area contributed by atoms with Crippen LogP contribution in [-0.4, -0.2) is 16.2 Å². The molecule has 0 aromatic heterocycles. The third-order valence-corrected chi connectivity index (χ3v) is 3.53. The Morgan fingerprint density at radius 3 is 2.17 bits per heavy atom. The monoisotopic (exact) mass is 252 g/mol. The van der Waals surface area contributed by atoms with Crippen LogP contribution in [0.15, 0.2) is 18.2 Å². The second-order valence-corrected chi connectivity index (χ2v) is 5.92. The average molecular weight is 252 g/mol. The SMILES string of the molecule is CC(C)(C)C(C)(C)C(=O)Oc1cc(O)ccc1O. The number of benzene rings is 1. The molecular weight excluding hydrogens is 232 g/mol. The minimum atomic E-state index is -0.717. The zero-order chi connectivity index (χ0) is 14.1. The van der Waals surface area contributed by atoms with Crippen molar-refractivity contribution in [2.75, 3.05) is 0 Å². The summed E-state index contributed by atoms with van der Waals surface area (Å²) in [6.07, 6.45) is 0. The van der Waals surface area contributed by atoms with Gasteiger partial charge >= 0.3 is 5.97 Å². The van der Waals surface area contributed by atoms with Crippen molar-refractivity contribution >= 4 is 5.97 Å². The lowest BCUT2D eigenvalue weighted by molar-refractivity contribution is -0.150. The molecular formula is C14H20O4. The van der Waals surface area contributed by atoms with E-state index in [2.05, 4.69) is 0 Å². The first-order chi connectivity index (χ1) is 8.05. The Kier molecular flexibility index (Phi) is 3.60. The Morgan fingerprint density at radius 2 is 1.67 bits per heavy atom. The number of hydrogen-bond donors (Lipinski definition) is 2. The highest BCUT2D eigenvalue weighted by molar-refractivity contribution is 5.79. The first-order valence-corrected chi connectivity index (χ1v) is 5.80. The fourth-order valence-electron chi connectivity index (χ4n) is 1.12. The van der Waals surface area contributed by atoms with Crippen molar-refractivity contribution in [3.05, 3.63) is 18.2 Å². The molecule has 100 valence electrons. The van der Waals surface area contributed by atoms with Crippen LogP contribution in [0.3, 0.4) is 0 Å². The van der Waals surface area contributed by atoms with Gasteiger partial charge in [0.05, 0.1) is 5.41 Å². The lowest BCUT2D eigenvalue weighted by Gasteiger charge is -2.36. The molecule has 0 saturated carbocycles. The van der Waals surface area contributed by atoms with E-state index in [0.717, 1.165) is 0 Å². The normalized spacial score (nSPS) is 12.3. The molecule has 0 aliphatic carbocycles. The van der Waals surface area contributed by atoms with E-state index < -0.39 is 11.4 Å². The van der Waals surface area contributed by atoms with Gasteiger partial charge in [0.1, 0.15) is 5.75 Å². The third kappa shape index (κ3) is 2.75. The van der Waals surface area contributed by atoms with E-state index in [-0.39, 0.29) is 22.7 Å². The van der Waals surface area contributed by atoms with Crippen LogP contribution in [0.25, 0.3) is 0 Å². The molecule has 0 aliphatic rings. The molecule has 0 spiro atoms. The molecule has 1 aromatic carbocycles. The highest BCUT2D eigenvalue weighted by Crippen LogP contribution is 2.40. The van der Waals surface area contributed by atoms with Crippen molar-refractivity contribution in [3.8, 4) is 17.2 Å². The summed E-state index contributed by atoms with van der Waals surface area (Å²) >= 11 is 0. The summed E-state index contributed by atoms with van der Waals surface area (Å²) in [6, 6.07) is 3.82. The Labute approximate surface area is 107 Å². The van der Waals surface area contributed by atoms with Gasteiger partial charge in [-0.25, -0.2) is 0 Å². The van der Waals surface area contributed by atoms with Gasteiger partial charge in [-0.1, -0.05) is 20.8 Å². The molecule has 0 bridgehead atoms. The van der Waals surface area contributed by atoms with Gasteiger partial charge in [0.25, 0.3) is 0 Å². The predicted molar refractivity (Wildman–Crippen MR) is 68.6 cm³/mol. The van der Waals surface area contributed by atoms with Crippen molar-refractivity contribution in [3.63, 3.8) is 0 Å². The summed E-state index contributed by atoms with van der Waals surface area (Å²) in [7, 11) is 0. The minimum absolute atomic E-state index is 0.0303. The molecule has 0 aliphatic heterocycles. The largest absolute Gasteiger partial charge is 0.508 e. The standard InChI is InChI=1S/C14H20O4/c1-13(2,3)14(4,5)12(17)18-11-8-9(15)6-7-10(11)16/h6-8,15-16H,1-5H3. The summed E-state index contributed by atoms with van der Waals surface area (Å²) in [5, 5.41) is 18.9. The number of carbonyl (C=O) groups excluding carboxylic acids is 1. The number of ether oxygens (including phenoxy) is 1. The van der Waals surface area contributed by atoms with Crippen LogP contribution in [0.5, 0.6) is 17.2 Å². The Bertz CT molecular complexity index is 455. The number of phenolic OH excluding ortho intramolecular Hbond substituents is 2. The molecule has 4 heteroatoms. The highest BCUT2D eigenvalue weighted by Gasteiger charge is 2.41. The first kappa shape index (κ1) is 14.4. The number of carbonyl (C=O) groups is 1. The number of aromatic hydroxyl groups is 2. The highest BCUT2D eigenvalue weighted by atomic mass is 16.5. The van der Waals surface area contributed by atoms with Gasteiger partial charge in [0.2, 0.25) is 0 Å². The number of esters is 1. The second-order valence-electron chi connectivity index (χ2n) is 5.92. The second kappa shape index (κ2) is 4.52. The van der Waals surface area contributed by atoms with Gasteiger partial charge in [0, 0.05) is 6.07 Å². The molecule has 2 N–H and O–H groups in total. The molecule has 1 rings (SSSR count). The zero-order valence-electron chi connectivity index (χ0n) is 11.4. The van der Waals surface area contributed by atoms with Crippen LogP contribution in [-0.2, 0) is 4.79 Å². The van der Waals surface area contributed by atoms with E-state index in [9.17, 15) is 15.0 Å². The van der Waals surface area contributed by atoms with Crippen LogP contribution in [0, 0.1) is 10.8 Å². The van der Waals surface area contributed by atoms with Crippen molar-refractivity contribution in [2.45, 2.75) is 34.6 Å². The lowest BCUT2D eigenvalue weighted by Crippen LogP contribution is -2.40. The molecule has 18 heavy (non-hydrogen) atoms. The van der Waals surface area contributed by atoms with Gasteiger partial charge in [-0.05, 0) is 31.4 Å². The molecule has 0 unspecified atom stereocenters. The maximum atomic E-state index is 12.1. The summed E-state index contributed by atoms with van der Waals surface area (Å²) < 4.78 is 5.17. The maximum Gasteiger partial charge on any atom is 0.317 e. The van der Waals surface area contributed by atoms with Crippen molar-refractivity contribution in [1.82, 2.24) is 0 Å². The predicted octanol–water partition coefficient (Wildman–Crippen LogP) is 3.08. The Balaban J connectivity index is 2.98. The van der Waals surface area contributed by atoms with E-state index in [1.807, 2.05) is 20.8 Å². The molecule has 1 aromatic rings. The van der Waals surface area contributed by atoms with E-state index in [4.69, 9.17) is 4.74 Å². The van der Waals surface area contributed by atoms with Crippen molar-refractivity contribution in [2.24, 2.45) is 10.8 Å². The first-order valence-electron chi connectivity index (χ1n) is 5.80. The minimum Gasteiger partial charge on any atom is -0.508 e. The van der Waals surface area contributed by atoms with E-state index in [1.165, 1.54) is 18.2 Å². The maximum absolute atomic E-state index is 12.1. The van der Waals surface area contributed by atoms with Gasteiger partial charge in [-0.2, -0.15) is 0 Å². The molecule has 0 fully saturated rings. The van der Waals surface area contributed by atoms with Crippen LogP contribution in [0.2, 0.25) is 0 Å². The van der Waals surface area contributed by atoms with Crippen LogP contribution >= 0.6 is 0 Å². The Morgan fingerprint density at radius 1 is 1.11 bits per heavy atom. The van der Waals surface area contributed by atoms with Crippen molar-refractivity contribution in [1.29, 1.82) is 0 Å². The average Bonchev–Trinajstić information content (AvgIpc) is 2.21. The number of rotatable bonds is 2. The molecule has 0 amide bonds. The van der Waals surface area contributed by atoms with Crippen LogP contribution in [0.1, 0.15) is 34.6 Å². The molecule has 0 heterocycles. The third-order valence-electron chi connectivity index (χ3n) is 3.53. The molecule has 0 saturated heterocycles. The van der Waals surface area contributed by atoms with Crippen molar-refractivity contribution < 1.29 is 19.7 Å². The fraction of sp³-hybridized carbons (Fsp3) is 0.500. The molecule has 0 radical (unpaired) electrons. The van der Waals surface area contributed by atoms with E-state index in [1.54, 1.807) is 13.8 Å². The summed E-state index contributed by atoms with van der Waals surface area (Å²) in [5.41, 5.74) is -0.999. The Hall–Kier alpha value is -1.71. The number of hydrogen-bond acceptors (Lipinski definition) is 4. The quantitative estimate of drug-likeness (QED) is 0.482. The topological polar surface area (TPSA) is 66.8 Å². The zero-order valence-corrected chi connectivity index (χ0v) is 11.4. The van der Waals surface area contributed by atoms with E-state index in [0.29, 0.717) is 0 Å². The number of phenols is 2.